The molecule has 0 amide bonds. The van der Waals surface area contributed by atoms with Gasteiger partial charge in [-0.05, 0) is 48.2 Å². The van der Waals surface area contributed by atoms with Crippen molar-refractivity contribution in [1.29, 1.82) is 0 Å². The molecule has 0 aromatic carbocycles. The van der Waals surface area contributed by atoms with Crippen molar-refractivity contribution in [1.82, 2.24) is 9.97 Å². The van der Waals surface area contributed by atoms with Crippen LogP contribution in [0.4, 0.5) is 0 Å². The fourth-order valence-corrected chi connectivity index (χ4v) is 2.86. The average molecular weight is 266 g/mol. The molecule has 2 unspecified atom stereocenters. The molecule has 0 fully saturated rings. The van der Waals surface area contributed by atoms with E-state index in [0.717, 1.165) is 12.8 Å². The molecule has 2 nitrogen and oxygen atoms in total. The van der Waals surface area contributed by atoms with Crippen LogP contribution in [0.3, 0.4) is 0 Å². The highest BCUT2D eigenvalue weighted by atomic mass is 14.6. The molecule has 0 bridgehead atoms. The third kappa shape index (κ3) is 3.13. The Morgan fingerprint density at radius 1 is 0.850 bits per heavy atom. The van der Waals surface area contributed by atoms with Gasteiger partial charge in [0.1, 0.15) is 0 Å². The Balaban J connectivity index is 2.28. The topological polar surface area (TPSA) is 25.8 Å². The van der Waals surface area contributed by atoms with Gasteiger partial charge in [-0.25, -0.2) is 0 Å². The van der Waals surface area contributed by atoms with Crippen molar-refractivity contribution in [2.45, 2.75) is 38.5 Å². The lowest BCUT2D eigenvalue weighted by molar-refractivity contribution is 0.647. The lowest BCUT2D eigenvalue weighted by Gasteiger charge is -2.26. The zero-order valence-corrected chi connectivity index (χ0v) is 12.3. The minimum absolute atomic E-state index is 0.385. The van der Waals surface area contributed by atoms with Gasteiger partial charge < -0.3 is 0 Å². The van der Waals surface area contributed by atoms with E-state index in [4.69, 9.17) is 0 Å². The number of pyridine rings is 2. The van der Waals surface area contributed by atoms with Crippen LogP contribution in [0.5, 0.6) is 0 Å². The monoisotopic (exact) mass is 266 g/mol. The van der Waals surface area contributed by atoms with Gasteiger partial charge in [0.05, 0.1) is 0 Å². The van der Waals surface area contributed by atoms with Crippen molar-refractivity contribution < 1.29 is 0 Å². The zero-order chi connectivity index (χ0) is 14.4. The predicted molar refractivity (Wildman–Crippen MR) is 83.7 cm³/mol. The first-order chi connectivity index (χ1) is 9.77. The second-order valence-corrected chi connectivity index (χ2v) is 5.06. The molecule has 0 aliphatic carbocycles. The molecule has 0 saturated heterocycles. The molecule has 0 radical (unpaired) electrons. The Kier molecular flexibility index (Phi) is 5.05. The molecule has 0 aliphatic heterocycles. The van der Waals surface area contributed by atoms with E-state index < -0.39 is 0 Å². The van der Waals surface area contributed by atoms with E-state index >= 15 is 0 Å². The smallest absolute Gasteiger partial charge is 0.0270 e. The van der Waals surface area contributed by atoms with E-state index in [1.54, 1.807) is 0 Å². The van der Waals surface area contributed by atoms with Crippen LogP contribution in [-0.4, -0.2) is 9.97 Å². The summed E-state index contributed by atoms with van der Waals surface area (Å²) in [4.78, 5) is 8.21. The molecule has 0 N–H and O–H groups in total. The van der Waals surface area contributed by atoms with Gasteiger partial charge in [-0.2, -0.15) is 0 Å². The highest BCUT2D eigenvalue weighted by Gasteiger charge is 2.21. The molecule has 0 saturated carbocycles. The van der Waals surface area contributed by atoms with Crippen LogP contribution in [0.2, 0.25) is 0 Å². The number of hydrogen-bond donors (Lipinski definition) is 0. The second-order valence-electron chi connectivity index (χ2n) is 5.06. The molecule has 2 aromatic rings. The first-order valence-corrected chi connectivity index (χ1v) is 7.26. The number of hydrogen-bond acceptors (Lipinski definition) is 2. The molecule has 104 valence electrons. The minimum Gasteiger partial charge on any atom is -0.265 e. The summed E-state index contributed by atoms with van der Waals surface area (Å²) in [6, 6.07) is 8.38. The summed E-state index contributed by atoms with van der Waals surface area (Å²) in [5.74, 6) is 0.771. The molecule has 2 aromatic heterocycles. The van der Waals surface area contributed by atoms with Crippen LogP contribution in [0.15, 0.2) is 61.2 Å². The van der Waals surface area contributed by atoms with Gasteiger partial charge in [0.2, 0.25) is 0 Å². The third-order valence-electron chi connectivity index (χ3n) is 3.93. The number of nitrogens with zero attached hydrogens (tertiary/aromatic N) is 2. The SMILES string of the molecule is C=C(C(CC)c1ccncc1)C(CC)c1ccncc1. The van der Waals surface area contributed by atoms with Gasteiger partial charge in [0.15, 0.2) is 0 Å². The molecular weight excluding hydrogens is 244 g/mol. The maximum Gasteiger partial charge on any atom is 0.0270 e. The summed E-state index contributed by atoms with van der Waals surface area (Å²) in [6.45, 7) is 8.84. The molecular formula is C18H22N2. The van der Waals surface area contributed by atoms with E-state index in [0.29, 0.717) is 11.8 Å². The van der Waals surface area contributed by atoms with Crippen molar-refractivity contribution in [3.8, 4) is 0 Å². The van der Waals surface area contributed by atoms with Gasteiger partial charge >= 0.3 is 0 Å². The molecule has 2 atom stereocenters. The molecule has 2 heterocycles. The van der Waals surface area contributed by atoms with E-state index in [1.165, 1.54) is 16.7 Å². The Morgan fingerprint density at radius 2 is 1.20 bits per heavy atom. The van der Waals surface area contributed by atoms with Crippen molar-refractivity contribution in [2.24, 2.45) is 0 Å². The lowest BCUT2D eigenvalue weighted by Crippen LogP contribution is -2.09. The molecule has 2 heteroatoms. The fourth-order valence-electron chi connectivity index (χ4n) is 2.86. The largest absolute Gasteiger partial charge is 0.265 e. The summed E-state index contributed by atoms with van der Waals surface area (Å²) in [5, 5.41) is 0. The maximum atomic E-state index is 4.41. The normalized spacial score (nSPS) is 13.7. The molecule has 0 aliphatic rings. The first kappa shape index (κ1) is 14.4. The molecule has 20 heavy (non-hydrogen) atoms. The van der Waals surface area contributed by atoms with E-state index in [-0.39, 0.29) is 0 Å². The summed E-state index contributed by atoms with van der Waals surface area (Å²) < 4.78 is 0. The van der Waals surface area contributed by atoms with Gasteiger partial charge in [-0.1, -0.05) is 26.0 Å². The minimum atomic E-state index is 0.385. The van der Waals surface area contributed by atoms with Crippen molar-refractivity contribution in [3.05, 3.63) is 72.3 Å². The summed E-state index contributed by atoms with van der Waals surface area (Å²) in [5.41, 5.74) is 3.90. The lowest BCUT2D eigenvalue weighted by atomic mass is 9.79. The number of rotatable bonds is 6. The Morgan fingerprint density at radius 3 is 1.50 bits per heavy atom. The van der Waals surface area contributed by atoms with Crippen LogP contribution in [-0.2, 0) is 0 Å². The van der Waals surface area contributed by atoms with Crippen molar-refractivity contribution in [3.63, 3.8) is 0 Å². The average Bonchev–Trinajstić information content (AvgIpc) is 2.51. The summed E-state index contributed by atoms with van der Waals surface area (Å²) >= 11 is 0. The Hall–Kier alpha value is -1.96. The van der Waals surface area contributed by atoms with Crippen LogP contribution < -0.4 is 0 Å². The zero-order valence-electron chi connectivity index (χ0n) is 12.3. The van der Waals surface area contributed by atoms with Gasteiger partial charge in [0, 0.05) is 36.6 Å². The Bertz CT molecular complexity index is 484. The summed E-state index contributed by atoms with van der Waals surface area (Å²) in [6.07, 6.45) is 9.56. The van der Waals surface area contributed by atoms with Gasteiger partial charge in [-0.15, -0.1) is 0 Å². The van der Waals surface area contributed by atoms with Crippen LogP contribution in [0.25, 0.3) is 0 Å². The summed E-state index contributed by atoms with van der Waals surface area (Å²) in [7, 11) is 0. The van der Waals surface area contributed by atoms with Crippen LogP contribution in [0, 0.1) is 0 Å². The fraction of sp³-hybridized carbons (Fsp3) is 0.333. The van der Waals surface area contributed by atoms with E-state index in [1.807, 2.05) is 24.8 Å². The Labute approximate surface area is 121 Å². The van der Waals surface area contributed by atoms with E-state index in [2.05, 4.69) is 54.7 Å². The first-order valence-electron chi connectivity index (χ1n) is 7.26. The standard InChI is InChI=1S/C18H22N2/c1-4-17(15-6-10-19-11-7-15)14(3)18(5-2)16-8-12-20-13-9-16/h6-13,17-18H,3-5H2,1-2H3. The van der Waals surface area contributed by atoms with Crippen molar-refractivity contribution in [2.75, 3.05) is 0 Å². The quantitative estimate of drug-likeness (QED) is 0.707. The van der Waals surface area contributed by atoms with E-state index in [9.17, 15) is 0 Å². The number of aromatic nitrogens is 2. The van der Waals surface area contributed by atoms with Crippen molar-refractivity contribution >= 4 is 0 Å². The second kappa shape index (κ2) is 6.99. The highest BCUT2D eigenvalue weighted by molar-refractivity contribution is 5.34. The van der Waals surface area contributed by atoms with Crippen LogP contribution >= 0.6 is 0 Å². The predicted octanol–water partition coefficient (Wildman–Crippen LogP) is 4.72. The maximum absolute atomic E-state index is 4.41. The third-order valence-corrected chi connectivity index (χ3v) is 3.93. The number of allylic oxidation sites excluding steroid dienone is 1. The van der Waals surface area contributed by atoms with Crippen LogP contribution in [0.1, 0.15) is 49.7 Å². The highest BCUT2D eigenvalue weighted by Crippen LogP contribution is 2.37. The van der Waals surface area contributed by atoms with Gasteiger partial charge in [-0.3, -0.25) is 9.97 Å². The molecule has 0 spiro atoms. The van der Waals surface area contributed by atoms with Gasteiger partial charge in [0.25, 0.3) is 0 Å². The molecule has 2 rings (SSSR count).